The quantitative estimate of drug-likeness (QED) is 0.897. The van der Waals surface area contributed by atoms with Gasteiger partial charge in [0.05, 0.1) is 0 Å². The highest BCUT2D eigenvalue weighted by Crippen LogP contribution is 2.18. The van der Waals surface area contributed by atoms with Gasteiger partial charge in [0.2, 0.25) is 0 Å². The second kappa shape index (κ2) is 5.27. The average Bonchev–Trinajstić information content (AvgIpc) is 2.76. The molecule has 3 nitrogen and oxygen atoms in total. The number of hydrogen-bond acceptors (Lipinski definition) is 2. The molecule has 0 saturated heterocycles. The monoisotopic (exact) mass is 263 g/mol. The van der Waals surface area contributed by atoms with Crippen molar-refractivity contribution in [3.05, 3.63) is 52.9 Å². The molecule has 18 heavy (non-hydrogen) atoms. The Bertz CT molecular complexity index is 543. The lowest BCUT2D eigenvalue weighted by Gasteiger charge is -2.07. The first-order valence-electron chi connectivity index (χ1n) is 5.73. The molecular weight excluding hydrogens is 250 g/mol. The van der Waals surface area contributed by atoms with Crippen molar-refractivity contribution in [3.63, 3.8) is 0 Å². The van der Waals surface area contributed by atoms with E-state index in [0.717, 1.165) is 5.69 Å². The molecule has 0 unspecified atom stereocenters. The van der Waals surface area contributed by atoms with Crippen molar-refractivity contribution >= 4 is 23.2 Å². The molecule has 1 aromatic carbocycles. The molecule has 0 fully saturated rings. The summed E-state index contributed by atoms with van der Waals surface area (Å²) in [4.78, 5) is 11.8. The number of hydrogen-bond donors (Lipinski definition) is 1. The van der Waals surface area contributed by atoms with Gasteiger partial charge in [-0.05, 0) is 47.3 Å². The number of rotatable bonds is 3. The average molecular weight is 264 g/mol. The molecule has 0 saturated carbocycles. The van der Waals surface area contributed by atoms with Crippen LogP contribution in [0.3, 0.4) is 0 Å². The molecule has 1 aromatic heterocycles. The van der Waals surface area contributed by atoms with Gasteiger partial charge in [0.1, 0.15) is 0 Å². The van der Waals surface area contributed by atoms with Crippen molar-refractivity contribution in [1.82, 2.24) is 0 Å². The minimum Gasteiger partial charge on any atom is -0.440 e. The lowest BCUT2D eigenvalue weighted by atomic mass is 10.0. The van der Waals surface area contributed by atoms with Crippen LogP contribution in [0, 0.1) is 0 Å². The van der Waals surface area contributed by atoms with Gasteiger partial charge in [-0.2, -0.15) is 0 Å². The lowest BCUT2D eigenvalue weighted by molar-refractivity contribution is 0.0997. The Morgan fingerprint density at radius 3 is 2.33 bits per heavy atom. The SMILES string of the molecule is CC(C)c1ccc(NC(=O)c2ccc(Cl)o2)cc1. The largest absolute Gasteiger partial charge is 0.440 e. The first-order chi connectivity index (χ1) is 8.56. The van der Waals surface area contributed by atoms with E-state index in [1.165, 1.54) is 5.56 Å². The first kappa shape index (κ1) is 12.7. The third-order valence-electron chi connectivity index (χ3n) is 2.63. The van der Waals surface area contributed by atoms with Crippen molar-refractivity contribution < 1.29 is 9.21 Å². The Balaban J connectivity index is 2.07. The number of halogens is 1. The van der Waals surface area contributed by atoms with Crippen LogP contribution in [0.2, 0.25) is 5.22 Å². The van der Waals surface area contributed by atoms with Crippen LogP contribution in [0.15, 0.2) is 40.8 Å². The molecule has 0 aliphatic rings. The zero-order chi connectivity index (χ0) is 13.1. The number of nitrogens with one attached hydrogen (secondary N) is 1. The predicted molar refractivity (Wildman–Crippen MR) is 72.2 cm³/mol. The number of furan rings is 1. The molecule has 1 amide bonds. The molecule has 0 spiro atoms. The van der Waals surface area contributed by atoms with Gasteiger partial charge in [-0.25, -0.2) is 0 Å². The van der Waals surface area contributed by atoms with Crippen LogP contribution in [0.4, 0.5) is 5.69 Å². The van der Waals surface area contributed by atoms with Crippen LogP contribution in [-0.4, -0.2) is 5.91 Å². The van der Waals surface area contributed by atoms with E-state index in [4.69, 9.17) is 16.0 Å². The van der Waals surface area contributed by atoms with Crippen LogP contribution in [0.5, 0.6) is 0 Å². The first-order valence-corrected chi connectivity index (χ1v) is 6.10. The molecule has 0 aliphatic heterocycles. The van der Waals surface area contributed by atoms with Crippen molar-refractivity contribution in [2.75, 3.05) is 5.32 Å². The number of carbonyl (C=O) groups is 1. The normalized spacial score (nSPS) is 10.7. The van der Waals surface area contributed by atoms with E-state index in [1.54, 1.807) is 12.1 Å². The summed E-state index contributed by atoms with van der Waals surface area (Å²) in [6.45, 7) is 4.25. The highest BCUT2D eigenvalue weighted by atomic mass is 35.5. The fourth-order valence-electron chi connectivity index (χ4n) is 1.58. The third-order valence-corrected chi connectivity index (χ3v) is 2.84. The highest BCUT2D eigenvalue weighted by molar-refractivity contribution is 6.29. The Hall–Kier alpha value is -1.74. The van der Waals surface area contributed by atoms with Gasteiger partial charge < -0.3 is 9.73 Å². The minimum atomic E-state index is -0.306. The van der Waals surface area contributed by atoms with E-state index in [9.17, 15) is 4.79 Å². The summed E-state index contributed by atoms with van der Waals surface area (Å²) in [6.07, 6.45) is 0. The molecule has 0 radical (unpaired) electrons. The van der Waals surface area contributed by atoms with E-state index < -0.39 is 0 Å². The molecule has 0 atom stereocenters. The van der Waals surface area contributed by atoms with Crippen LogP contribution < -0.4 is 5.32 Å². The van der Waals surface area contributed by atoms with E-state index in [-0.39, 0.29) is 16.9 Å². The molecule has 1 heterocycles. The highest BCUT2D eigenvalue weighted by Gasteiger charge is 2.10. The fourth-order valence-corrected chi connectivity index (χ4v) is 1.73. The molecule has 1 N–H and O–H groups in total. The Morgan fingerprint density at radius 2 is 1.83 bits per heavy atom. The fraction of sp³-hybridized carbons (Fsp3) is 0.214. The molecule has 2 aromatic rings. The van der Waals surface area contributed by atoms with Crippen LogP contribution in [0.25, 0.3) is 0 Å². The number of carbonyl (C=O) groups excluding carboxylic acids is 1. The maximum atomic E-state index is 11.8. The summed E-state index contributed by atoms with van der Waals surface area (Å²) >= 11 is 5.62. The van der Waals surface area contributed by atoms with Gasteiger partial charge >= 0.3 is 0 Å². The standard InChI is InChI=1S/C14H14ClNO2/c1-9(2)10-3-5-11(6-4-10)16-14(17)12-7-8-13(15)18-12/h3-9H,1-2H3,(H,16,17). The number of anilines is 1. The van der Waals surface area contributed by atoms with Crippen LogP contribution >= 0.6 is 11.6 Å². The topological polar surface area (TPSA) is 42.2 Å². The van der Waals surface area contributed by atoms with Crippen LogP contribution in [-0.2, 0) is 0 Å². The van der Waals surface area contributed by atoms with E-state index in [1.807, 2.05) is 24.3 Å². The van der Waals surface area contributed by atoms with Crippen LogP contribution in [0.1, 0.15) is 35.9 Å². The summed E-state index contributed by atoms with van der Waals surface area (Å²) in [6, 6.07) is 10.8. The van der Waals surface area contributed by atoms with Gasteiger partial charge in [0, 0.05) is 5.69 Å². The smallest absolute Gasteiger partial charge is 0.291 e. The second-order valence-electron chi connectivity index (χ2n) is 4.33. The number of amides is 1. The Morgan fingerprint density at radius 1 is 1.17 bits per heavy atom. The molecule has 4 heteroatoms. The summed E-state index contributed by atoms with van der Waals surface area (Å²) in [7, 11) is 0. The van der Waals surface area contributed by atoms with Gasteiger partial charge in [-0.15, -0.1) is 0 Å². The maximum absolute atomic E-state index is 11.8. The minimum absolute atomic E-state index is 0.202. The van der Waals surface area contributed by atoms with Gasteiger partial charge in [0.25, 0.3) is 5.91 Å². The Labute approximate surface area is 111 Å². The van der Waals surface area contributed by atoms with Crippen molar-refractivity contribution in [2.45, 2.75) is 19.8 Å². The van der Waals surface area contributed by atoms with Gasteiger partial charge in [-0.1, -0.05) is 26.0 Å². The summed E-state index contributed by atoms with van der Waals surface area (Å²) in [5.41, 5.74) is 1.96. The molecule has 0 bridgehead atoms. The van der Waals surface area contributed by atoms with Gasteiger partial charge in [-0.3, -0.25) is 4.79 Å². The van der Waals surface area contributed by atoms with Gasteiger partial charge in [0.15, 0.2) is 11.0 Å². The maximum Gasteiger partial charge on any atom is 0.291 e. The summed E-state index contributed by atoms with van der Waals surface area (Å²) in [5, 5.41) is 2.95. The summed E-state index contributed by atoms with van der Waals surface area (Å²) in [5.74, 6) is 0.366. The van der Waals surface area contributed by atoms with Crippen molar-refractivity contribution in [1.29, 1.82) is 0 Å². The molecular formula is C14H14ClNO2. The second-order valence-corrected chi connectivity index (χ2v) is 4.71. The Kier molecular flexibility index (Phi) is 3.72. The molecule has 94 valence electrons. The van der Waals surface area contributed by atoms with Crippen molar-refractivity contribution in [2.24, 2.45) is 0 Å². The lowest BCUT2D eigenvalue weighted by Crippen LogP contribution is -2.10. The predicted octanol–water partition coefficient (Wildman–Crippen LogP) is 4.31. The van der Waals surface area contributed by atoms with E-state index in [2.05, 4.69) is 19.2 Å². The third kappa shape index (κ3) is 2.93. The zero-order valence-corrected chi connectivity index (χ0v) is 11.0. The van der Waals surface area contributed by atoms with E-state index in [0.29, 0.717) is 5.92 Å². The molecule has 0 aliphatic carbocycles. The van der Waals surface area contributed by atoms with Crippen molar-refractivity contribution in [3.8, 4) is 0 Å². The molecule has 2 rings (SSSR count). The zero-order valence-electron chi connectivity index (χ0n) is 10.2. The summed E-state index contributed by atoms with van der Waals surface area (Å²) < 4.78 is 5.03. The van der Waals surface area contributed by atoms with E-state index >= 15 is 0 Å². The number of benzene rings is 1.